The second kappa shape index (κ2) is 8.54. The molecule has 158 valence electrons. The Morgan fingerprint density at radius 3 is 2.62 bits per heavy atom. The number of phenolic OH excluding ortho intramolecular Hbond substituents is 1. The van der Waals surface area contributed by atoms with Crippen molar-refractivity contribution in [2.45, 2.75) is 37.8 Å². The molecule has 29 heavy (non-hydrogen) atoms. The first-order chi connectivity index (χ1) is 14.0. The molecule has 0 unspecified atom stereocenters. The molecule has 1 saturated carbocycles. The Morgan fingerprint density at radius 1 is 1.31 bits per heavy atom. The zero-order valence-electron chi connectivity index (χ0n) is 17.1. The number of aromatic hydroxyl groups is 1. The third kappa shape index (κ3) is 4.55. The highest BCUT2D eigenvalue weighted by atomic mass is 35.5. The van der Waals surface area contributed by atoms with Crippen LogP contribution in [-0.2, 0) is 4.79 Å². The summed E-state index contributed by atoms with van der Waals surface area (Å²) in [5.74, 6) is 0.656. The van der Waals surface area contributed by atoms with E-state index in [0.29, 0.717) is 22.7 Å². The first-order valence-electron chi connectivity index (χ1n) is 10.6. The van der Waals surface area contributed by atoms with E-state index < -0.39 is 6.04 Å². The van der Waals surface area contributed by atoms with Crippen molar-refractivity contribution in [1.29, 1.82) is 0 Å². The Morgan fingerprint density at radius 2 is 2.00 bits per heavy atom. The molecule has 4 rings (SSSR count). The van der Waals surface area contributed by atoms with Crippen LogP contribution < -0.4 is 5.32 Å². The van der Waals surface area contributed by atoms with Gasteiger partial charge in [0.15, 0.2) is 0 Å². The van der Waals surface area contributed by atoms with Gasteiger partial charge < -0.3 is 15.3 Å². The molecule has 1 aromatic rings. The van der Waals surface area contributed by atoms with Gasteiger partial charge in [0.2, 0.25) is 5.91 Å². The van der Waals surface area contributed by atoms with E-state index in [1.165, 1.54) is 0 Å². The zero-order chi connectivity index (χ0) is 20.5. The number of phenols is 1. The lowest BCUT2D eigenvalue weighted by Gasteiger charge is -2.48. The molecule has 2 N–H and O–H groups in total. The van der Waals surface area contributed by atoms with Crippen LogP contribution in [0.3, 0.4) is 0 Å². The quantitative estimate of drug-likeness (QED) is 0.526. The van der Waals surface area contributed by atoms with E-state index in [2.05, 4.69) is 21.7 Å². The maximum absolute atomic E-state index is 12.9. The van der Waals surface area contributed by atoms with E-state index in [1.54, 1.807) is 6.07 Å². The van der Waals surface area contributed by atoms with Crippen LogP contribution in [-0.4, -0.2) is 83.6 Å². The van der Waals surface area contributed by atoms with Crippen molar-refractivity contribution >= 4 is 23.2 Å². The van der Waals surface area contributed by atoms with Crippen molar-refractivity contribution in [3.05, 3.63) is 35.4 Å². The number of piperazine rings is 1. The van der Waals surface area contributed by atoms with Gasteiger partial charge in [-0.15, -0.1) is 6.58 Å². The van der Waals surface area contributed by atoms with Crippen LogP contribution >= 0.6 is 11.6 Å². The summed E-state index contributed by atoms with van der Waals surface area (Å²) >= 11 is 6.26. The summed E-state index contributed by atoms with van der Waals surface area (Å²) in [6.45, 7) is 12.1. The Balaban J connectivity index is 1.29. The molecule has 2 saturated heterocycles. The standard InChI is InChI=1S/C22H31ClN4O2/c1-3-6-25-13-17(14-25)26-7-9-27(10-8-26)22(29)15(2)24-20-11-18(16-4-5-16)19(23)12-21(20)28/h3,11-12,15-17,24,28H,1,4-10,13-14H2,2H3/t15-/m0/s1. The van der Waals surface area contributed by atoms with Crippen molar-refractivity contribution in [2.24, 2.45) is 0 Å². The Hall–Kier alpha value is -1.76. The summed E-state index contributed by atoms with van der Waals surface area (Å²) in [4.78, 5) is 19.7. The summed E-state index contributed by atoms with van der Waals surface area (Å²) in [5, 5.41) is 14.1. The van der Waals surface area contributed by atoms with Crippen molar-refractivity contribution in [3.8, 4) is 5.75 Å². The Kier molecular flexibility index (Phi) is 6.04. The number of halogens is 1. The lowest BCUT2D eigenvalue weighted by atomic mass is 10.1. The molecule has 0 spiro atoms. The van der Waals surface area contributed by atoms with Crippen LogP contribution in [0.5, 0.6) is 5.75 Å². The number of carbonyl (C=O) groups excluding carboxylic acids is 1. The van der Waals surface area contributed by atoms with Crippen molar-refractivity contribution < 1.29 is 9.90 Å². The lowest BCUT2D eigenvalue weighted by molar-refractivity contribution is -0.134. The summed E-state index contributed by atoms with van der Waals surface area (Å²) in [6, 6.07) is 3.70. The number of amides is 1. The van der Waals surface area contributed by atoms with Crippen molar-refractivity contribution in [2.75, 3.05) is 51.1 Å². The molecule has 0 aromatic heterocycles. The molecule has 0 bridgehead atoms. The Labute approximate surface area is 178 Å². The molecule has 0 radical (unpaired) electrons. The maximum atomic E-state index is 12.9. The summed E-state index contributed by atoms with van der Waals surface area (Å²) in [6.07, 6.45) is 4.22. The third-order valence-electron chi connectivity index (χ3n) is 6.34. The number of nitrogens with zero attached hydrogens (tertiary/aromatic N) is 3. The highest BCUT2D eigenvalue weighted by Crippen LogP contribution is 2.46. The predicted octanol–water partition coefficient (Wildman–Crippen LogP) is 2.74. The number of likely N-dealkylation sites (tertiary alicyclic amines) is 1. The van der Waals surface area contributed by atoms with Gasteiger partial charge in [0.05, 0.1) is 5.69 Å². The van der Waals surface area contributed by atoms with E-state index in [0.717, 1.165) is 64.2 Å². The number of benzene rings is 1. The first-order valence-corrected chi connectivity index (χ1v) is 11.0. The summed E-state index contributed by atoms with van der Waals surface area (Å²) in [5.41, 5.74) is 1.65. The van der Waals surface area contributed by atoms with Gasteiger partial charge in [-0.2, -0.15) is 0 Å². The average Bonchev–Trinajstić information content (AvgIpc) is 3.51. The monoisotopic (exact) mass is 418 g/mol. The van der Waals surface area contributed by atoms with Gasteiger partial charge in [0.1, 0.15) is 11.8 Å². The molecule has 2 heterocycles. The molecular weight excluding hydrogens is 388 g/mol. The van der Waals surface area contributed by atoms with Crippen LogP contribution in [0.15, 0.2) is 24.8 Å². The van der Waals surface area contributed by atoms with Gasteiger partial charge in [-0.25, -0.2) is 0 Å². The van der Waals surface area contributed by atoms with Gasteiger partial charge >= 0.3 is 0 Å². The number of hydrogen-bond acceptors (Lipinski definition) is 5. The number of carbonyl (C=O) groups is 1. The van der Waals surface area contributed by atoms with Crippen LogP contribution in [0, 0.1) is 0 Å². The molecule has 1 aromatic carbocycles. The smallest absolute Gasteiger partial charge is 0.244 e. The van der Waals surface area contributed by atoms with Crippen molar-refractivity contribution in [1.82, 2.24) is 14.7 Å². The van der Waals surface area contributed by atoms with E-state index in [4.69, 9.17) is 11.6 Å². The largest absolute Gasteiger partial charge is 0.506 e. The fourth-order valence-electron chi connectivity index (χ4n) is 4.38. The van der Waals surface area contributed by atoms with Crippen LogP contribution in [0.2, 0.25) is 5.02 Å². The van der Waals surface area contributed by atoms with Gasteiger partial charge in [-0.1, -0.05) is 17.7 Å². The van der Waals surface area contributed by atoms with Crippen molar-refractivity contribution in [3.63, 3.8) is 0 Å². The molecule has 1 aliphatic carbocycles. The number of nitrogens with one attached hydrogen (secondary N) is 1. The predicted molar refractivity (Wildman–Crippen MR) is 117 cm³/mol. The summed E-state index contributed by atoms with van der Waals surface area (Å²) < 4.78 is 0. The lowest BCUT2D eigenvalue weighted by Crippen LogP contribution is -2.63. The fraction of sp³-hybridized carbons (Fsp3) is 0.591. The SMILES string of the molecule is C=CCN1CC(N2CCN(C(=O)[C@H](C)Nc3cc(C4CC4)c(Cl)cc3O)CC2)C1. The van der Waals surface area contributed by atoms with E-state index in [-0.39, 0.29) is 11.7 Å². The first kappa shape index (κ1) is 20.5. The zero-order valence-corrected chi connectivity index (χ0v) is 17.9. The minimum absolute atomic E-state index is 0.0777. The molecule has 7 heteroatoms. The fourth-order valence-corrected chi connectivity index (χ4v) is 4.70. The Bertz CT molecular complexity index is 768. The summed E-state index contributed by atoms with van der Waals surface area (Å²) in [7, 11) is 0. The van der Waals surface area contributed by atoms with Crippen LogP contribution in [0.4, 0.5) is 5.69 Å². The average molecular weight is 419 g/mol. The molecule has 3 fully saturated rings. The second-order valence-corrected chi connectivity index (χ2v) is 8.96. The minimum atomic E-state index is -0.396. The topological polar surface area (TPSA) is 59.0 Å². The number of anilines is 1. The molecule has 1 atom stereocenters. The number of rotatable bonds is 7. The second-order valence-electron chi connectivity index (χ2n) is 8.55. The van der Waals surface area contributed by atoms with E-state index in [1.807, 2.05) is 24.0 Å². The molecule has 6 nitrogen and oxygen atoms in total. The molecule has 1 amide bonds. The molecular formula is C22H31ClN4O2. The highest BCUT2D eigenvalue weighted by molar-refractivity contribution is 6.31. The van der Waals surface area contributed by atoms with Gasteiger partial charge in [-0.3, -0.25) is 14.6 Å². The van der Waals surface area contributed by atoms with E-state index >= 15 is 0 Å². The maximum Gasteiger partial charge on any atom is 0.244 e. The molecule has 3 aliphatic rings. The molecule has 2 aliphatic heterocycles. The van der Waals surface area contributed by atoms with Crippen LogP contribution in [0.25, 0.3) is 0 Å². The highest BCUT2D eigenvalue weighted by Gasteiger charge is 2.34. The normalized spacial score (nSPS) is 22.2. The third-order valence-corrected chi connectivity index (χ3v) is 6.67. The number of hydrogen-bond donors (Lipinski definition) is 2. The minimum Gasteiger partial charge on any atom is -0.506 e. The van der Waals surface area contributed by atoms with Gasteiger partial charge in [0.25, 0.3) is 0 Å². The van der Waals surface area contributed by atoms with Crippen LogP contribution in [0.1, 0.15) is 31.2 Å². The van der Waals surface area contributed by atoms with E-state index in [9.17, 15) is 9.90 Å². The van der Waals surface area contributed by atoms with Gasteiger partial charge in [0, 0.05) is 62.9 Å². The van der Waals surface area contributed by atoms with Gasteiger partial charge in [-0.05, 0) is 37.3 Å².